The minimum atomic E-state index is -0.478. The lowest BCUT2D eigenvalue weighted by Gasteiger charge is -2.17. The maximum Gasteiger partial charge on any atom is 0.273 e. The van der Waals surface area contributed by atoms with E-state index in [4.69, 9.17) is 4.74 Å². The molecule has 2 rings (SSSR count). The summed E-state index contributed by atoms with van der Waals surface area (Å²) in [5, 5.41) is 10.8. The average Bonchev–Trinajstić information content (AvgIpc) is 2.63. The third-order valence-electron chi connectivity index (χ3n) is 4.46. The van der Waals surface area contributed by atoms with Gasteiger partial charge in [0.05, 0.1) is 11.0 Å². The number of non-ortho nitro benzene ring substituents is 1. The van der Waals surface area contributed by atoms with Crippen LogP contribution in [0.3, 0.4) is 0 Å². The Morgan fingerprint density at radius 1 is 1.12 bits per heavy atom. The number of benzene rings is 1. The predicted molar refractivity (Wildman–Crippen MR) is 98.1 cm³/mol. The molecule has 0 aliphatic heterocycles. The summed E-state index contributed by atoms with van der Waals surface area (Å²) < 4.78 is 5.56. The number of carbonyl (C=O) groups excluding carboxylic acids is 2. The van der Waals surface area contributed by atoms with Gasteiger partial charge in [0, 0.05) is 28.4 Å². The summed E-state index contributed by atoms with van der Waals surface area (Å²) in [7, 11) is 0. The number of rotatable bonds is 6. The number of allylic oxidation sites excluding steroid dienone is 5. The molecule has 0 fully saturated rings. The molecule has 0 amide bonds. The largest absolute Gasteiger partial charge is 0.489 e. The van der Waals surface area contributed by atoms with Crippen LogP contribution < -0.4 is 4.74 Å². The highest BCUT2D eigenvalue weighted by atomic mass is 16.6. The minimum Gasteiger partial charge on any atom is -0.489 e. The van der Waals surface area contributed by atoms with Crippen molar-refractivity contribution < 1.29 is 19.2 Å². The van der Waals surface area contributed by atoms with E-state index in [-0.39, 0.29) is 23.9 Å². The molecule has 0 saturated heterocycles. The number of ether oxygens (including phenoxy) is 1. The van der Waals surface area contributed by atoms with Crippen LogP contribution >= 0.6 is 0 Å². The number of ketones is 2. The summed E-state index contributed by atoms with van der Waals surface area (Å²) in [6, 6.07) is 5.96. The Hall–Kier alpha value is -3.02. The van der Waals surface area contributed by atoms with E-state index in [1.54, 1.807) is 32.9 Å². The molecule has 0 heterocycles. The highest BCUT2D eigenvalue weighted by molar-refractivity contribution is 6.24. The van der Waals surface area contributed by atoms with Crippen molar-refractivity contribution in [2.75, 3.05) is 6.61 Å². The van der Waals surface area contributed by atoms with Crippen LogP contribution in [0.5, 0.6) is 5.75 Å². The summed E-state index contributed by atoms with van der Waals surface area (Å²) in [5.74, 6) is 0.222. The van der Waals surface area contributed by atoms with Gasteiger partial charge in [0.1, 0.15) is 12.4 Å². The van der Waals surface area contributed by atoms with Gasteiger partial charge in [-0.25, -0.2) is 0 Å². The molecule has 0 atom stereocenters. The summed E-state index contributed by atoms with van der Waals surface area (Å²) in [6.07, 6.45) is 2.19. The lowest BCUT2D eigenvalue weighted by atomic mass is 9.84. The van der Waals surface area contributed by atoms with Gasteiger partial charge >= 0.3 is 0 Å². The van der Waals surface area contributed by atoms with Crippen LogP contribution in [0.4, 0.5) is 5.69 Å². The first-order chi connectivity index (χ1) is 12.2. The summed E-state index contributed by atoms with van der Waals surface area (Å²) in [5.41, 5.74) is 2.82. The lowest BCUT2D eigenvalue weighted by molar-refractivity contribution is -0.384. The monoisotopic (exact) mass is 355 g/mol. The van der Waals surface area contributed by atoms with Crippen molar-refractivity contribution in [3.63, 3.8) is 0 Å². The van der Waals surface area contributed by atoms with Gasteiger partial charge in [0.2, 0.25) is 0 Å². The molecular formula is C20H21NO5. The molecule has 1 aromatic rings. The summed E-state index contributed by atoms with van der Waals surface area (Å²) in [6.45, 7) is 7.10. The highest BCUT2D eigenvalue weighted by Gasteiger charge is 2.26. The van der Waals surface area contributed by atoms with Crippen molar-refractivity contribution in [2.24, 2.45) is 0 Å². The molecule has 1 aliphatic rings. The third-order valence-corrected chi connectivity index (χ3v) is 4.46. The summed E-state index contributed by atoms with van der Waals surface area (Å²) >= 11 is 0. The molecule has 0 unspecified atom stereocenters. The molecule has 0 spiro atoms. The first-order valence-corrected chi connectivity index (χ1v) is 8.22. The van der Waals surface area contributed by atoms with Crippen molar-refractivity contribution in [2.45, 2.75) is 34.1 Å². The molecule has 0 saturated carbocycles. The molecule has 0 radical (unpaired) electrons. The van der Waals surface area contributed by atoms with Crippen LogP contribution in [0, 0.1) is 10.1 Å². The van der Waals surface area contributed by atoms with E-state index in [9.17, 15) is 19.7 Å². The Labute approximate surface area is 152 Å². The van der Waals surface area contributed by atoms with Crippen molar-refractivity contribution in [1.29, 1.82) is 0 Å². The fourth-order valence-corrected chi connectivity index (χ4v) is 2.62. The van der Waals surface area contributed by atoms with E-state index >= 15 is 0 Å². The van der Waals surface area contributed by atoms with Crippen LogP contribution in [0.1, 0.15) is 34.1 Å². The normalized spacial score (nSPS) is 15.6. The quantitative estimate of drug-likeness (QED) is 0.332. The number of carbonyl (C=O) groups is 2. The average molecular weight is 355 g/mol. The number of nitrogens with zero attached hydrogens (tertiary/aromatic N) is 1. The second kappa shape index (κ2) is 7.91. The fourth-order valence-electron chi connectivity index (χ4n) is 2.62. The number of hydrogen-bond acceptors (Lipinski definition) is 5. The first kappa shape index (κ1) is 19.3. The molecule has 136 valence electrons. The van der Waals surface area contributed by atoms with Gasteiger partial charge in [-0.2, -0.15) is 0 Å². The van der Waals surface area contributed by atoms with E-state index in [0.29, 0.717) is 34.5 Å². The molecule has 0 bridgehead atoms. The third kappa shape index (κ3) is 4.14. The van der Waals surface area contributed by atoms with Gasteiger partial charge in [0.25, 0.3) is 5.69 Å². The smallest absolute Gasteiger partial charge is 0.273 e. The van der Waals surface area contributed by atoms with Crippen LogP contribution in [0.15, 0.2) is 58.2 Å². The Balaban J connectivity index is 2.05. The zero-order valence-corrected chi connectivity index (χ0v) is 15.3. The molecule has 6 heteroatoms. The molecule has 1 aliphatic carbocycles. The maximum atomic E-state index is 12.4. The van der Waals surface area contributed by atoms with Crippen molar-refractivity contribution in [1.82, 2.24) is 0 Å². The van der Waals surface area contributed by atoms with Gasteiger partial charge < -0.3 is 4.74 Å². The van der Waals surface area contributed by atoms with E-state index in [1.807, 2.05) is 13.0 Å². The van der Waals surface area contributed by atoms with Gasteiger partial charge in [-0.15, -0.1) is 0 Å². The van der Waals surface area contributed by atoms with Crippen LogP contribution in [0.25, 0.3) is 0 Å². The Morgan fingerprint density at radius 2 is 1.77 bits per heavy atom. The zero-order chi connectivity index (χ0) is 19.4. The SMILES string of the molecule is CC1=C(C)C(=O)C(C/C=C(/C)COc2cccc([N+](=O)[O-])c2)=C(C)C1=O. The van der Waals surface area contributed by atoms with Gasteiger partial charge in [-0.05, 0) is 45.8 Å². The van der Waals surface area contributed by atoms with E-state index in [0.717, 1.165) is 5.57 Å². The molecule has 0 aromatic heterocycles. The number of nitro benzene ring substituents is 1. The fraction of sp³-hybridized carbons (Fsp3) is 0.300. The molecular weight excluding hydrogens is 334 g/mol. The number of nitro groups is 1. The molecule has 26 heavy (non-hydrogen) atoms. The van der Waals surface area contributed by atoms with Gasteiger partial charge in [0.15, 0.2) is 11.6 Å². The predicted octanol–water partition coefficient (Wildman–Crippen LogP) is 4.11. The van der Waals surface area contributed by atoms with Crippen molar-refractivity contribution in [3.8, 4) is 5.75 Å². The second-order valence-electron chi connectivity index (χ2n) is 6.31. The topological polar surface area (TPSA) is 86.5 Å². The Morgan fingerprint density at radius 3 is 2.42 bits per heavy atom. The maximum absolute atomic E-state index is 12.4. The van der Waals surface area contributed by atoms with Crippen molar-refractivity contribution >= 4 is 17.3 Å². The number of Topliss-reactive ketones (excluding diaryl/α,β-unsaturated/α-hetero) is 2. The summed E-state index contributed by atoms with van der Waals surface area (Å²) in [4.78, 5) is 34.9. The lowest BCUT2D eigenvalue weighted by Crippen LogP contribution is -2.20. The molecule has 0 N–H and O–H groups in total. The Bertz CT molecular complexity index is 874. The van der Waals surface area contributed by atoms with E-state index in [1.165, 1.54) is 12.1 Å². The van der Waals surface area contributed by atoms with Crippen LogP contribution in [-0.4, -0.2) is 23.1 Å². The molecule has 1 aromatic carbocycles. The van der Waals surface area contributed by atoms with Crippen molar-refractivity contribution in [3.05, 3.63) is 68.3 Å². The number of hydrogen-bond donors (Lipinski definition) is 0. The minimum absolute atomic E-state index is 0.0335. The zero-order valence-electron chi connectivity index (χ0n) is 15.3. The standard InChI is InChI=1S/C20H21NO5/c1-12(11-26-17-7-5-6-16(10-17)21(24)25)8-9-18-15(4)19(22)13(2)14(3)20(18)23/h5-8,10H,9,11H2,1-4H3/b12-8-. The molecule has 6 nitrogen and oxygen atoms in total. The van der Waals surface area contributed by atoms with Crippen LogP contribution in [0.2, 0.25) is 0 Å². The van der Waals surface area contributed by atoms with E-state index in [2.05, 4.69) is 0 Å². The van der Waals surface area contributed by atoms with Gasteiger partial charge in [-0.1, -0.05) is 12.1 Å². The van der Waals surface area contributed by atoms with Crippen LogP contribution in [-0.2, 0) is 9.59 Å². The highest BCUT2D eigenvalue weighted by Crippen LogP contribution is 2.27. The van der Waals surface area contributed by atoms with Gasteiger partial charge in [-0.3, -0.25) is 19.7 Å². The Kier molecular flexibility index (Phi) is 5.87. The first-order valence-electron chi connectivity index (χ1n) is 8.22. The van der Waals surface area contributed by atoms with E-state index < -0.39 is 4.92 Å². The second-order valence-corrected chi connectivity index (χ2v) is 6.31.